The quantitative estimate of drug-likeness (QED) is 0.343. The lowest BCUT2D eigenvalue weighted by Gasteiger charge is -2.25. The van der Waals surface area contributed by atoms with Gasteiger partial charge in [-0.15, -0.1) is 11.8 Å². The van der Waals surface area contributed by atoms with E-state index in [0.717, 1.165) is 34.9 Å². The van der Waals surface area contributed by atoms with E-state index < -0.39 is 17.0 Å². The van der Waals surface area contributed by atoms with Crippen molar-refractivity contribution in [2.45, 2.75) is 5.37 Å². The molecular formula is C28H20F2N2O2S. The number of rotatable bonds is 5. The molecule has 174 valence electrons. The van der Waals surface area contributed by atoms with E-state index in [1.165, 1.54) is 16.7 Å². The third kappa shape index (κ3) is 4.81. The SMILES string of the molecule is O=C(Nc1ccc(C2SCC(=O)N2c2cc(F)ccc2F)cc1)c1ccc(-c2ccccc2)cc1. The first-order chi connectivity index (χ1) is 17.0. The zero-order valence-corrected chi connectivity index (χ0v) is 19.3. The largest absolute Gasteiger partial charge is 0.322 e. The van der Waals surface area contributed by atoms with Crippen LogP contribution in [0.5, 0.6) is 0 Å². The summed E-state index contributed by atoms with van der Waals surface area (Å²) in [5.74, 6) is -1.64. The molecule has 7 heteroatoms. The average Bonchev–Trinajstić information content (AvgIpc) is 3.27. The molecule has 4 aromatic rings. The number of hydrogen-bond donors (Lipinski definition) is 1. The first-order valence-corrected chi connectivity index (χ1v) is 12.0. The second-order valence-corrected chi connectivity index (χ2v) is 9.11. The van der Waals surface area contributed by atoms with Gasteiger partial charge in [-0.05, 0) is 53.1 Å². The van der Waals surface area contributed by atoms with Gasteiger partial charge in [0.1, 0.15) is 17.0 Å². The van der Waals surface area contributed by atoms with Gasteiger partial charge in [-0.3, -0.25) is 14.5 Å². The summed E-state index contributed by atoms with van der Waals surface area (Å²) in [6.45, 7) is 0. The number of amides is 2. The second-order valence-electron chi connectivity index (χ2n) is 8.04. The van der Waals surface area contributed by atoms with Crippen molar-refractivity contribution in [3.8, 4) is 11.1 Å². The zero-order valence-electron chi connectivity index (χ0n) is 18.4. The fraction of sp³-hybridized carbons (Fsp3) is 0.0714. The molecule has 0 radical (unpaired) electrons. The topological polar surface area (TPSA) is 49.4 Å². The van der Waals surface area contributed by atoms with Crippen LogP contribution in [0, 0.1) is 11.6 Å². The number of benzene rings is 4. The van der Waals surface area contributed by atoms with Gasteiger partial charge in [0.25, 0.3) is 5.91 Å². The Kier molecular flexibility index (Phi) is 6.33. The molecule has 4 nitrogen and oxygen atoms in total. The average molecular weight is 487 g/mol. The molecule has 0 bridgehead atoms. The summed E-state index contributed by atoms with van der Waals surface area (Å²) in [6, 6.07) is 27.3. The highest BCUT2D eigenvalue weighted by atomic mass is 32.2. The maximum Gasteiger partial charge on any atom is 0.255 e. The van der Waals surface area contributed by atoms with Crippen LogP contribution in [0.25, 0.3) is 11.1 Å². The number of thioether (sulfide) groups is 1. The van der Waals surface area contributed by atoms with Crippen molar-refractivity contribution >= 4 is 35.0 Å². The van der Waals surface area contributed by atoms with E-state index in [1.54, 1.807) is 36.4 Å². The van der Waals surface area contributed by atoms with Gasteiger partial charge in [0, 0.05) is 17.3 Å². The fourth-order valence-corrected chi connectivity index (χ4v) is 5.15. The van der Waals surface area contributed by atoms with Crippen molar-refractivity contribution in [2.24, 2.45) is 0 Å². The highest BCUT2D eigenvalue weighted by molar-refractivity contribution is 8.00. The Balaban J connectivity index is 1.30. The minimum Gasteiger partial charge on any atom is -0.322 e. The Hall–Kier alpha value is -3.97. The first kappa shape index (κ1) is 22.8. The van der Waals surface area contributed by atoms with Gasteiger partial charge in [-0.1, -0.05) is 54.6 Å². The second kappa shape index (κ2) is 9.72. The highest BCUT2D eigenvalue weighted by Gasteiger charge is 2.35. The van der Waals surface area contributed by atoms with Crippen LogP contribution in [0.4, 0.5) is 20.2 Å². The maximum absolute atomic E-state index is 14.4. The summed E-state index contributed by atoms with van der Waals surface area (Å²) in [6.07, 6.45) is 0. The third-order valence-corrected chi connectivity index (χ3v) is 6.96. The van der Waals surface area contributed by atoms with Gasteiger partial charge in [-0.2, -0.15) is 0 Å². The molecule has 4 aromatic carbocycles. The Morgan fingerprint density at radius 2 is 1.54 bits per heavy atom. The minimum atomic E-state index is -0.658. The lowest BCUT2D eigenvalue weighted by Crippen LogP contribution is -2.28. The number of hydrogen-bond acceptors (Lipinski definition) is 3. The van der Waals surface area contributed by atoms with E-state index in [-0.39, 0.29) is 23.3 Å². The van der Waals surface area contributed by atoms with Crippen LogP contribution in [0.1, 0.15) is 21.3 Å². The molecule has 0 saturated carbocycles. The van der Waals surface area contributed by atoms with E-state index in [1.807, 2.05) is 42.5 Å². The lowest BCUT2D eigenvalue weighted by molar-refractivity contribution is -0.115. The molecular weight excluding hydrogens is 466 g/mol. The summed E-state index contributed by atoms with van der Waals surface area (Å²) in [7, 11) is 0. The predicted octanol–water partition coefficient (Wildman–Crippen LogP) is 6.66. The summed E-state index contributed by atoms with van der Waals surface area (Å²) < 4.78 is 28.1. The lowest BCUT2D eigenvalue weighted by atomic mass is 10.0. The highest BCUT2D eigenvalue weighted by Crippen LogP contribution is 2.43. The first-order valence-electron chi connectivity index (χ1n) is 10.9. The van der Waals surface area contributed by atoms with Crippen LogP contribution < -0.4 is 10.2 Å². The van der Waals surface area contributed by atoms with Crippen LogP contribution in [0.3, 0.4) is 0 Å². The summed E-state index contributed by atoms with van der Waals surface area (Å²) in [5, 5.41) is 2.38. The molecule has 2 amide bonds. The molecule has 1 heterocycles. The molecule has 1 aliphatic heterocycles. The maximum atomic E-state index is 14.4. The van der Waals surface area contributed by atoms with E-state index in [4.69, 9.17) is 0 Å². The Morgan fingerprint density at radius 1 is 0.857 bits per heavy atom. The van der Waals surface area contributed by atoms with E-state index in [2.05, 4.69) is 5.32 Å². The van der Waals surface area contributed by atoms with Gasteiger partial charge < -0.3 is 5.32 Å². The van der Waals surface area contributed by atoms with Crippen LogP contribution in [0.2, 0.25) is 0 Å². The molecule has 1 fully saturated rings. The number of carbonyl (C=O) groups is 2. The molecule has 0 aromatic heterocycles. The summed E-state index contributed by atoms with van der Waals surface area (Å²) in [5.41, 5.74) is 3.87. The smallest absolute Gasteiger partial charge is 0.255 e. The molecule has 1 unspecified atom stereocenters. The van der Waals surface area contributed by atoms with Gasteiger partial charge in [0.05, 0.1) is 11.4 Å². The molecule has 1 aliphatic rings. The van der Waals surface area contributed by atoms with Crippen LogP contribution in [-0.2, 0) is 4.79 Å². The van der Waals surface area contributed by atoms with Crippen molar-refractivity contribution in [3.63, 3.8) is 0 Å². The van der Waals surface area contributed by atoms with Crippen molar-refractivity contribution in [3.05, 3.63) is 120 Å². The Labute approximate surface area is 205 Å². The molecule has 0 spiro atoms. The Bertz CT molecular complexity index is 1380. The van der Waals surface area contributed by atoms with Gasteiger partial charge >= 0.3 is 0 Å². The number of nitrogens with one attached hydrogen (secondary N) is 1. The Morgan fingerprint density at radius 3 is 2.26 bits per heavy atom. The van der Waals surface area contributed by atoms with Crippen LogP contribution in [-0.4, -0.2) is 17.6 Å². The van der Waals surface area contributed by atoms with Crippen LogP contribution in [0.15, 0.2) is 97.1 Å². The number of nitrogens with zero attached hydrogens (tertiary/aromatic N) is 1. The normalized spacial score (nSPS) is 15.3. The molecule has 35 heavy (non-hydrogen) atoms. The molecule has 5 rings (SSSR count). The molecule has 1 atom stereocenters. The van der Waals surface area contributed by atoms with E-state index in [9.17, 15) is 18.4 Å². The minimum absolute atomic E-state index is 0.0821. The number of anilines is 2. The van der Waals surface area contributed by atoms with E-state index in [0.29, 0.717) is 11.3 Å². The van der Waals surface area contributed by atoms with Gasteiger partial charge in [0.2, 0.25) is 5.91 Å². The third-order valence-electron chi connectivity index (χ3n) is 5.74. The van der Waals surface area contributed by atoms with Gasteiger partial charge in [0.15, 0.2) is 0 Å². The summed E-state index contributed by atoms with van der Waals surface area (Å²) >= 11 is 1.34. The standard InChI is InChI=1S/C28H20F2N2O2S/c29-22-12-15-24(30)25(16-22)32-26(33)17-35-28(32)21-10-13-23(14-11-21)31-27(34)20-8-6-19(7-9-20)18-4-2-1-3-5-18/h1-16,28H,17H2,(H,31,34). The number of halogens is 2. The molecule has 1 N–H and O–H groups in total. The van der Waals surface area contributed by atoms with Crippen molar-refractivity contribution in [1.82, 2.24) is 0 Å². The van der Waals surface area contributed by atoms with Crippen molar-refractivity contribution < 1.29 is 18.4 Å². The van der Waals surface area contributed by atoms with Crippen molar-refractivity contribution in [1.29, 1.82) is 0 Å². The summed E-state index contributed by atoms with van der Waals surface area (Å²) in [4.78, 5) is 26.5. The zero-order chi connectivity index (χ0) is 24.4. The van der Waals surface area contributed by atoms with Crippen molar-refractivity contribution in [2.75, 3.05) is 16.0 Å². The van der Waals surface area contributed by atoms with Crippen LogP contribution >= 0.6 is 11.8 Å². The predicted molar refractivity (Wildman–Crippen MR) is 135 cm³/mol. The fourth-order valence-electron chi connectivity index (χ4n) is 3.98. The molecule has 0 aliphatic carbocycles. The van der Waals surface area contributed by atoms with Gasteiger partial charge in [-0.25, -0.2) is 8.78 Å². The monoisotopic (exact) mass is 486 g/mol. The molecule has 1 saturated heterocycles. The van der Waals surface area contributed by atoms with E-state index >= 15 is 0 Å². The number of carbonyl (C=O) groups excluding carboxylic acids is 2.